The van der Waals surface area contributed by atoms with Gasteiger partial charge >= 0.3 is 5.91 Å². The van der Waals surface area contributed by atoms with Crippen LogP contribution in [-0.2, 0) is 4.79 Å². The Morgan fingerprint density at radius 1 is 1.00 bits per heavy atom. The van der Waals surface area contributed by atoms with E-state index in [0.29, 0.717) is 5.56 Å². The summed E-state index contributed by atoms with van der Waals surface area (Å²) in [5.41, 5.74) is 7.32. The van der Waals surface area contributed by atoms with Crippen molar-refractivity contribution in [3.05, 3.63) is 101 Å². The van der Waals surface area contributed by atoms with E-state index < -0.39 is 12.1 Å². The predicted octanol–water partition coefficient (Wildman–Crippen LogP) is 3.33. The molecule has 0 spiro atoms. The fraction of sp³-hybridized carbons (Fsp3) is 0.192. The first-order valence-corrected chi connectivity index (χ1v) is 10.5. The number of carbonyl (C=O) groups excluding carboxylic acids is 2. The molecule has 0 bridgehead atoms. The minimum Gasteiger partial charge on any atom is -0.497 e. The molecular weight excluding hydrogens is 402 g/mol. The average Bonchev–Trinajstić information content (AvgIpc) is 3.09. The van der Waals surface area contributed by atoms with Crippen molar-refractivity contribution in [1.82, 2.24) is 10.7 Å². The van der Waals surface area contributed by atoms with Gasteiger partial charge in [0.25, 0.3) is 5.91 Å². The number of amides is 2. The Hall–Kier alpha value is -3.93. The Bertz CT molecular complexity index is 1180. The van der Waals surface area contributed by atoms with E-state index in [9.17, 15) is 9.59 Å². The van der Waals surface area contributed by atoms with Crippen LogP contribution in [0.1, 0.15) is 38.7 Å². The molecule has 1 fully saturated rings. The highest BCUT2D eigenvalue weighted by atomic mass is 16.5. The maximum atomic E-state index is 13.0. The molecule has 2 atom stereocenters. The van der Waals surface area contributed by atoms with Crippen molar-refractivity contribution in [1.29, 1.82) is 0 Å². The summed E-state index contributed by atoms with van der Waals surface area (Å²) in [5.74, 6) is 0.172. The van der Waals surface area contributed by atoms with E-state index in [1.54, 1.807) is 17.9 Å². The molecule has 4 rings (SSSR count). The zero-order valence-electron chi connectivity index (χ0n) is 18.3. The van der Waals surface area contributed by atoms with Gasteiger partial charge in [0.2, 0.25) is 12.3 Å². The molecule has 3 aromatic carbocycles. The molecule has 0 aromatic heterocycles. The third-order valence-electron chi connectivity index (χ3n) is 5.50. The van der Waals surface area contributed by atoms with E-state index in [1.807, 2.05) is 86.8 Å². The van der Waals surface area contributed by atoms with Gasteiger partial charge in [-0.3, -0.25) is 9.59 Å². The molecular formula is C26H26N3O3+. The molecule has 6 heteroatoms. The van der Waals surface area contributed by atoms with Crippen LogP contribution in [0.15, 0.2) is 72.8 Å². The van der Waals surface area contributed by atoms with Crippen LogP contribution in [0.4, 0.5) is 0 Å². The maximum absolute atomic E-state index is 13.0. The lowest BCUT2D eigenvalue weighted by Gasteiger charge is -2.15. The van der Waals surface area contributed by atoms with Crippen molar-refractivity contribution in [2.45, 2.75) is 25.9 Å². The van der Waals surface area contributed by atoms with Crippen LogP contribution < -0.4 is 15.5 Å². The normalized spacial score (nSPS) is 19.0. The Balaban J connectivity index is 1.71. The van der Waals surface area contributed by atoms with Gasteiger partial charge in [-0.1, -0.05) is 53.6 Å². The van der Waals surface area contributed by atoms with Crippen molar-refractivity contribution < 1.29 is 19.0 Å². The first-order chi connectivity index (χ1) is 15.4. The molecule has 1 aliphatic rings. The number of hydrogen-bond acceptors (Lipinski definition) is 3. The van der Waals surface area contributed by atoms with E-state index in [1.165, 1.54) is 0 Å². The second-order valence-electron chi connectivity index (χ2n) is 7.97. The molecule has 162 valence electrons. The molecule has 0 unspecified atom stereocenters. The van der Waals surface area contributed by atoms with Gasteiger partial charge < -0.3 is 10.1 Å². The quantitative estimate of drug-likeness (QED) is 0.613. The molecule has 0 radical (unpaired) electrons. The highest BCUT2D eigenvalue weighted by Crippen LogP contribution is 2.26. The van der Waals surface area contributed by atoms with Gasteiger partial charge in [-0.25, -0.2) is 0 Å². The summed E-state index contributed by atoms with van der Waals surface area (Å²) in [6.45, 7) is 3.94. The molecule has 2 N–H and O–H groups in total. The number of rotatable bonds is 5. The molecule has 6 nitrogen and oxygen atoms in total. The predicted molar refractivity (Wildman–Crippen MR) is 123 cm³/mol. The number of methoxy groups -OCH3 is 1. The van der Waals surface area contributed by atoms with Crippen molar-refractivity contribution in [3.63, 3.8) is 0 Å². The summed E-state index contributed by atoms with van der Waals surface area (Å²) in [6.07, 6.45) is 1.85. The van der Waals surface area contributed by atoms with Crippen LogP contribution in [0.3, 0.4) is 0 Å². The SMILES string of the molecule is COc1cccc(/C=[N+]2\NC(=O)[C@@H](NC(=O)c3cccc(C)c3)[C@@H]2c2ccc(C)cc2)c1. The zero-order valence-corrected chi connectivity index (χ0v) is 18.3. The first kappa shape index (κ1) is 21.3. The summed E-state index contributed by atoms with van der Waals surface area (Å²) >= 11 is 0. The van der Waals surface area contributed by atoms with Crippen LogP contribution in [-0.4, -0.2) is 35.9 Å². The number of nitrogens with zero attached hydrogens (tertiary/aromatic N) is 1. The molecule has 1 saturated heterocycles. The third-order valence-corrected chi connectivity index (χ3v) is 5.50. The van der Waals surface area contributed by atoms with Gasteiger partial charge in [0.05, 0.1) is 7.11 Å². The minimum atomic E-state index is -0.757. The smallest absolute Gasteiger partial charge is 0.304 e. The number of hydrogen-bond donors (Lipinski definition) is 2. The van der Waals surface area contributed by atoms with Crippen LogP contribution in [0.2, 0.25) is 0 Å². The summed E-state index contributed by atoms with van der Waals surface area (Å²) in [4.78, 5) is 25.9. The second-order valence-corrected chi connectivity index (χ2v) is 7.97. The molecule has 0 aliphatic carbocycles. The van der Waals surface area contributed by atoms with Gasteiger partial charge in [-0.15, -0.1) is 10.1 Å². The fourth-order valence-electron chi connectivity index (χ4n) is 3.84. The Morgan fingerprint density at radius 2 is 1.75 bits per heavy atom. The number of benzene rings is 3. The van der Waals surface area contributed by atoms with Crippen LogP contribution >= 0.6 is 0 Å². The van der Waals surface area contributed by atoms with Crippen molar-refractivity contribution in [2.24, 2.45) is 0 Å². The molecule has 0 saturated carbocycles. The zero-order chi connectivity index (χ0) is 22.7. The summed E-state index contributed by atoms with van der Waals surface area (Å²) in [5, 5.41) is 2.94. The number of carbonyl (C=O) groups is 2. The first-order valence-electron chi connectivity index (χ1n) is 10.5. The average molecular weight is 429 g/mol. The molecule has 1 aliphatic heterocycles. The van der Waals surface area contributed by atoms with Crippen LogP contribution in [0.25, 0.3) is 0 Å². The van der Waals surface area contributed by atoms with Gasteiger partial charge in [-0.05, 0) is 44.2 Å². The summed E-state index contributed by atoms with van der Waals surface area (Å²) in [7, 11) is 1.61. The number of aryl methyl sites for hydroxylation is 2. The molecule has 2 amide bonds. The second kappa shape index (κ2) is 9.06. The number of hydrazine groups is 1. The van der Waals surface area contributed by atoms with E-state index in [0.717, 1.165) is 28.0 Å². The third kappa shape index (κ3) is 4.54. The van der Waals surface area contributed by atoms with Crippen molar-refractivity contribution in [3.8, 4) is 5.75 Å². The van der Waals surface area contributed by atoms with Gasteiger partial charge in [-0.2, -0.15) is 0 Å². The number of ether oxygens (including phenoxy) is 1. The highest BCUT2D eigenvalue weighted by Gasteiger charge is 2.47. The topological polar surface area (TPSA) is 70.4 Å². The molecule has 3 aromatic rings. The Morgan fingerprint density at radius 3 is 2.47 bits per heavy atom. The largest absolute Gasteiger partial charge is 0.497 e. The molecule has 1 heterocycles. The minimum absolute atomic E-state index is 0.268. The highest BCUT2D eigenvalue weighted by molar-refractivity contribution is 5.98. The van der Waals surface area contributed by atoms with Gasteiger partial charge in [0.1, 0.15) is 5.75 Å². The maximum Gasteiger partial charge on any atom is 0.304 e. The van der Waals surface area contributed by atoms with E-state index in [-0.39, 0.29) is 11.8 Å². The van der Waals surface area contributed by atoms with E-state index in [4.69, 9.17) is 4.74 Å². The lowest BCUT2D eigenvalue weighted by atomic mass is 9.98. The van der Waals surface area contributed by atoms with Gasteiger partial charge in [0, 0.05) is 16.7 Å². The van der Waals surface area contributed by atoms with E-state index in [2.05, 4.69) is 10.7 Å². The van der Waals surface area contributed by atoms with Crippen molar-refractivity contribution >= 4 is 18.0 Å². The van der Waals surface area contributed by atoms with E-state index >= 15 is 0 Å². The van der Waals surface area contributed by atoms with Crippen molar-refractivity contribution in [2.75, 3.05) is 7.11 Å². The Labute approximate surface area is 187 Å². The monoisotopic (exact) mass is 428 g/mol. The lowest BCUT2D eigenvalue weighted by molar-refractivity contribution is -0.596. The fourth-order valence-corrected chi connectivity index (χ4v) is 3.84. The Kier molecular flexibility index (Phi) is 6.03. The summed E-state index contributed by atoms with van der Waals surface area (Å²) in [6, 6.07) is 21.7. The van der Waals surface area contributed by atoms with Gasteiger partial charge in [0.15, 0.2) is 6.04 Å². The molecule has 32 heavy (non-hydrogen) atoms. The number of hydrazone groups is 1. The van der Waals surface area contributed by atoms with Crippen LogP contribution in [0.5, 0.6) is 5.75 Å². The summed E-state index contributed by atoms with van der Waals surface area (Å²) < 4.78 is 7.07. The lowest BCUT2D eigenvalue weighted by Crippen LogP contribution is -2.42. The standard InChI is InChI=1S/C26H25N3O3/c1-17-10-12-20(13-11-17)24-23(27-25(30)21-8-4-6-18(2)14-21)26(31)28-29(24)16-19-7-5-9-22(15-19)32-3/h4-16,23-24H,1-3H3,(H-,27,28,30,31)/p+1/b29-16-/t23-,24-/m0/s1. The van der Waals surface area contributed by atoms with Crippen LogP contribution in [0, 0.1) is 13.8 Å². The number of nitrogens with one attached hydrogen (secondary N) is 2.